The van der Waals surface area contributed by atoms with Gasteiger partial charge in [-0.15, -0.1) is 0 Å². The van der Waals surface area contributed by atoms with E-state index in [1.54, 1.807) is 0 Å². The van der Waals surface area contributed by atoms with Gasteiger partial charge in [0, 0.05) is 19.0 Å². The van der Waals surface area contributed by atoms with Gasteiger partial charge in [0.05, 0.1) is 0 Å². The Labute approximate surface area is 127 Å². The van der Waals surface area contributed by atoms with Crippen molar-refractivity contribution < 1.29 is 4.79 Å². The Hall–Kier alpha value is -1.35. The topological polar surface area (TPSA) is 41.1 Å². The lowest BCUT2D eigenvalue weighted by atomic mass is 9.65. The van der Waals surface area contributed by atoms with Crippen LogP contribution in [0.5, 0.6) is 0 Å². The van der Waals surface area contributed by atoms with Gasteiger partial charge in [-0.2, -0.15) is 0 Å². The fourth-order valence-electron chi connectivity index (χ4n) is 3.63. The van der Waals surface area contributed by atoms with Crippen LogP contribution in [0.15, 0.2) is 30.3 Å². The van der Waals surface area contributed by atoms with Gasteiger partial charge < -0.3 is 10.6 Å². The normalized spacial score (nSPS) is 23.5. The quantitative estimate of drug-likeness (QED) is 0.844. The van der Waals surface area contributed by atoms with Crippen LogP contribution in [0.1, 0.15) is 44.1 Å². The van der Waals surface area contributed by atoms with E-state index in [2.05, 4.69) is 41.0 Å². The van der Waals surface area contributed by atoms with Crippen molar-refractivity contribution in [3.8, 4) is 0 Å². The minimum Gasteiger partial charge on any atom is -0.355 e. The third kappa shape index (κ3) is 3.85. The molecule has 1 unspecified atom stereocenters. The van der Waals surface area contributed by atoms with Crippen LogP contribution < -0.4 is 10.6 Å². The van der Waals surface area contributed by atoms with Gasteiger partial charge in [-0.05, 0) is 49.6 Å². The van der Waals surface area contributed by atoms with Gasteiger partial charge in [0.1, 0.15) is 0 Å². The SMILES string of the molecule is O=C(CC1CCCN1)NCC1(Cc2ccccc2)CCC1. The first-order valence-electron chi connectivity index (χ1n) is 8.30. The Bertz CT molecular complexity index is 461. The van der Waals surface area contributed by atoms with Crippen molar-refractivity contribution in [2.45, 2.75) is 51.0 Å². The molecule has 2 aliphatic rings. The van der Waals surface area contributed by atoms with E-state index in [0.29, 0.717) is 17.9 Å². The monoisotopic (exact) mass is 286 g/mol. The molecule has 3 rings (SSSR count). The van der Waals surface area contributed by atoms with Gasteiger partial charge in [-0.3, -0.25) is 4.79 Å². The number of nitrogens with one attached hydrogen (secondary N) is 2. The van der Waals surface area contributed by atoms with Crippen molar-refractivity contribution in [1.29, 1.82) is 0 Å². The molecule has 1 amide bonds. The summed E-state index contributed by atoms with van der Waals surface area (Å²) in [5, 5.41) is 6.59. The van der Waals surface area contributed by atoms with Crippen LogP contribution in [0, 0.1) is 5.41 Å². The number of carbonyl (C=O) groups excluding carboxylic acids is 1. The fourth-order valence-corrected chi connectivity index (χ4v) is 3.63. The smallest absolute Gasteiger partial charge is 0.221 e. The summed E-state index contributed by atoms with van der Waals surface area (Å²) < 4.78 is 0. The first-order valence-corrected chi connectivity index (χ1v) is 8.30. The van der Waals surface area contributed by atoms with Gasteiger partial charge in [-0.1, -0.05) is 36.8 Å². The third-order valence-electron chi connectivity index (χ3n) is 5.09. The summed E-state index contributed by atoms with van der Waals surface area (Å²) in [4.78, 5) is 12.1. The standard InChI is InChI=1S/C18H26N2O/c21-17(12-16-8-4-11-19-16)20-14-18(9-5-10-18)13-15-6-2-1-3-7-15/h1-3,6-7,16,19H,4-5,8-14H2,(H,20,21). The van der Waals surface area contributed by atoms with E-state index in [9.17, 15) is 4.79 Å². The number of hydrogen-bond acceptors (Lipinski definition) is 2. The van der Waals surface area contributed by atoms with Gasteiger partial charge in [0.2, 0.25) is 5.91 Å². The summed E-state index contributed by atoms with van der Waals surface area (Å²) in [6, 6.07) is 11.1. The predicted octanol–water partition coefficient (Wildman–Crippen LogP) is 2.66. The van der Waals surface area contributed by atoms with Crippen LogP contribution in [0.4, 0.5) is 0 Å². The lowest BCUT2D eigenvalue weighted by molar-refractivity contribution is -0.122. The van der Waals surface area contributed by atoms with E-state index in [4.69, 9.17) is 0 Å². The highest BCUT2D eigenvalue weighted by Crippen LogP contribution is 2.43. The predicted molar refractivity (Wildman–Crippen MR) is 85.1 cm³/mol. The Balaban J connectivity index is 1.48. The molecule has 1 aromatic rings. The summed E-state index contributed by atoms with van der Waals surface area (Å²) in [6.07, 6.45) is 7.86. The van der Waals surface area contributed by atoms with Crippen molar-refractivity contribution >= 4 is 5.91 Å². The summed E-state index contributed by atoms with van der Waals surface area (Å²) in [5.74, 6) is 0.216. The van der Waals surface area contributed by atoms with E-state index in [1.165, 1.54) is 31.2 Å². The molecule has 0 spiro atoms. The molecule has 3 heteroatoms. The van der Waals surface area contributed by atoms with Crippen LogP contribution in [0.25, 0.3) is 0 Å². The molecule has 2 fully saturated rings. The maximum atomic E-state index is 12.1. The van der Waals surface area contributed by atoms with Crippen LogP contribution >= 0.6 is 0 Å². The van der Waals surface area contributed by atoms with E-state index in [1.807, 2.05) is 0 Å². The summed E-state index contributed by atoms with van der Waals surface area (Å²) in [7, 11) is 0. The molecule has 2 N–H and O–H groups in total. The van der Waals surface area contributed by atoms with Crippen molar-refractivity contribution in [2.24, 2.45) is 5.41 Å². The zero-order valence-corrected chi connectivity index (χ0v) is 12.7. The molecule has 1 saturated heterocycles. The van der Waals surface area contributed by atoms with Crippen LogP contribution in [-0.2, 0) is 11.2 Å². The highest BCUT2D eigenvalue weighted by molar-refractivity contribution is 5.76. The van der Waals surface area contributed by atoms with Crippen LogP contribution in [0.2, 0.25) is 0 Å². The molecule has 0 aromatic heterocycles. The van der Waals surface area contributed by atoms with E-state index < -0.39 is 0 Å². The summed E-state index contributed by atoms with van der Waals surface area (Å²) in [5.41, 5.74) is 1.70. The van der Waals surface area contributed by atoms with Gasteiger partial charge in [0.15, 0.2) is 0 Å². The minimum atomic E-state index is 0.216. The minimum absolute atomic E-state index is 0.216. The number of hydrogen-bond donors (Lipinski definition) is 2. The van der Waals surface area contributed by atoms with Crippen molar-refractivity contribution in [2.75, 3.05) is 13.1 Å². The lowest BCUT2D eigenvalue weighted by Gasteiger charge is -2.42. The Morgan fingerprint density at radius 2 is 2.05 bits per heavy atom. The van der Waals surface area contributed by atoms with Crippen molar-refractivity contribution in [3.63, 3.8) is 0 Å². The first kappa shape index (κ1) is 14.6. The molecule has 1 heterocycles. The average Bonchev–Trinajstić information content (AvgIpc) is 2.95. The molecule has 21 heavy (non-hydrogen) atoms. The summed E-state index contributed by atoms with van der Waals surface area (Å²) in [6.45, 7) is 1.91. The van der Waals surface area contributed by atoms with Crippen molar-refractivity contribution in [3.05, 3.63) is 35.9 Å². The number of carbonyl (C=O) groups is 1. The van der Waals surface area contributed by atoms with E-state index in [-0.39, 0.29) is 5.91 Å². The average molecular weight is 286 g/mol. The molecule has 1 saturated carbocycles. The second-order valence-electron chi connectivity index (χ2n) is 6.79. The largest absolute Gasteiger partial charge is 0.355 e. The van der Waals surface area contributed by atoms with Crippen LogP contribution in [0.3, 0.4) is 0 Å². The fraction of sp³-hybridized carbons (Fsp3) is 0.611. The molecular formula is C18H26N2O. The maximum absolute atomic E-state index is 12.1. The molecule has 1 aliphatic heterocycles. The van der Waals surface area contributed by atoms with Crippen molar-refractivity contribution in [1.82, 2.24) is 10.6 Å². The van der Waals surface area contributed by atoms with Gasteiger partial charge >= 0.3 is 0 Å². The Morgan fingerprint density at radius 1 is 1.24 bits per heavy atom. The summed E-state index contributed by atoms with van der Waals surface area (Å²) >= 11 is 0. The second kappa shape index (κ2) is 6.61. The van der Waals surface area contributed by atoms with Gasteiger partial charge in [-0.25, -0.2) is 0 Å². The van der Waals surface area contributed by atoms with E-state index >= 15 is 0 Å². The highest BCUT2D eigenvalue weighted by atomic mass is 16.1. The zero-order valence-electron chi connectivity index (χ0n) is 12.7. The third-order valence-corrected chi connectivity index (χ3v) is 5.09. The Kier molecular flexibility index (Phi) is 4.59. The second-order valence-corrected chi connectivity index (χ2v) is 6.79. The number of amides is 1. The molecule has 1 atom stereocenters. The highest BCUT2D eigenvalue weighted by Gasteiger charge is 2.37. The molecule has 1 aromatic carbocycles. The maximum Gasteiger partial charge on any atom is 0.221 e. The number of rotatable bonds is 6. The molecule has 114 valence electrons. The number of benzene rings is 1. The molecule has 1 aliphatic carbocycles. The molecule has 3 nitrogen and oxygen atoms in total. The van der Waals surface area contributed by atoms with Gasteiger partial charge in [0.25, 0.3) is 0 Å². The van der Waals surface area contributed by atoms with Crippen LogP contribution in [-0.4, -0.2) is 25.0 Å². The zero-order chi connectivity index (χ0) is 14.5. The molecular weight excluding hydrogens is 260 g/mol. The first-order chi connectivity index (χ1) is 10.3. The lowest BCUT2D eigenvalue weighted by Crippen LogP contribution is -2.44. The van der Waals surface area contributed by atoms with E-state index in [0.717, 1.165) is 25.9 Å². The Morgan fingerprint density at radius 3 is 2.67 bits per heavy atom. The molecule has 0 bridgehead atoms. The molecule has 0 radical (unpaired) electrons.